The molecular weight excluding hydrogens is 266 g/mol. The van der Waals surface area contributed by atoms with Gasteiger partial charge in [-0.25, -0.2) is 9.97 Å². The second kappa shape index (κ2) is 6.85. The molecule has 114 valence electrons. The molecule has 21 heavy (non-hydrogen) atoms. The van der Waals surface area contributed by atoms with E-state index >= 15 is 0 Å². The third-order valence-corrected chi connectivity index (χ3v) is 4.36. The predicted molar refractivity (Wildman–Crippen MR) is 81.1 cm³/mol. The van der Waals surface area contributed by atoms with Gasteiger partial charge in [-0.15, -0.1) is 0 Å². The van der Waals surface area contributed by atoms with Crippen molar-refractivity contribution in [1.29, 1.82) is 0 Å². The van der Waals surface area contributed by atoms with Crippen molar-refractivity contribution in [3.05, 3.63) is 18.5 Å². The molecule has 1 aliphatic carbocycles. The molecule has 0 bridgehead atoms. The number of piperazine rings is 1. The standard InChI is InChI=1S/C15H23N5O/c21-14(12-18-13-4-1-2-5-13)19-8-10-20(11-9-19)15-16-6-3-7-17-15/h3,6-7,13,18H,1-2,4-5,8-12H2. The van der Waals surface area contributed by atoms with Crippen LogP contribution in [0.2, 0.25) is 0 Å². The molecule has 0 radical (unpaired) electrons. The molecule has 1 saturated carbocycles. The fourth-order valence-electron chi connectivity index (χ4n) is 3.08. The molecule has 1 N–H and O–H groups in total. The monoisotopic (exact) mass is 289 g/mol. The number of carbonyl (C=O) groups is 1. The van der Waals surface area contributed by atoms with Gasteiger partial charge in [-0.2, -0.15) is 0 Å². The summed E-state index contributed by atoms with van der Waals surface area (Å²) in [6.45, 7) is 3.59. The Hall–Kier alpha value is -1.69. The quantitative estimate of drug-likeness (QED) is 0.882. The van der Waals surface area contributed by atoms with Crippen LogP contribution in [-0.2, 0) is 4.79 Å². The van der Waals surface area contributed by atoms with Crippen LogP contribution in [0.4, 0.5) is 5.95 Å². The molecule has 0 unspecified atom stereocenters. The van der Waals surface area contributed by atoms with Gasteiger partial charge >= 0.3 is 0 Å². The lowest BCUT2D eigenvalue weighted by Gasteiger charge is -2.34. The van der Waals surface area contributed by atoms with Gasteiger partial charge in [0.2, 0.25) is 11.9 Å². The minimum absolute atomic E-state index is 0.218. The van der Waals surface area contributed by atoms with E-state index in [1.807, 2.05) is 11.0 Å². The molecule has 0 aromatic carbocycles. The highest BCUT2D eigenvalue weighted by Crippen LogP contribution is 2.17. The zero-order chi connectivity index (χ0) is 14.5. The van der Waals surface area contributed by atoms with Crippen LogP contribution < -0.4 is 10.2 Å². The summed E-state index contributed by atoms with van der Waals surface area (Å²) in [5.41, 5.74) is 0. The summed E-state index contributed by atoms with van der Waals surface area (Å²) in [6.07, 6.45) is 8.53. The molecule has 1 aliphatic heterocycles. The number of aromatic nitrogens is 2. The first-order valence-corrected chi connectivity index (χ1v) is 7.86. The Morgan fingerprint density at radius 2 is 1.81 bits per heavy atom. The van der Waals surface area contributed by atoms with Gasteiger partial charge in [0.05, 0.1) is 6.54 Å². The second-order valence-electron chi connectivity index (χ2n) is 5.78. The third-order valence-electron chi connectivity index (χ3n) is 4.36. The Morgan fingerprint density at radius 3 is 2.48 bits per heavy atom. The lowest BCUT2D eigenvalue weighted by atomic mass is 10.2. The molecule has 2 fully saturated rings. The van der Waals surface area contributed by atoms with E-state index in [4.69, 9.17) is 0 Å². The summed E-state index contributed by atoms with van der Waals surface area (Å²) in [5.74, 6) is 0.976. The smallest absolute Gasteiger partial charge is 0.236 e. The molecule has 2 aliphatic rings. The van der Waals surface area contributed by atoms with Gasteiger partial charge in [-0.05, 0) is 18.9 Å². The summed E-state index contributed by atoms with van der Waals surface area (Å²) in [6, 6.07) is 2.37. The summed E-state index contributed by atoms with van der Waals surface area (Å²) in [4.78, 5) is 24.8. The first-order chi connectivity index (χ1) is 10.3. The summed E-state index contributed by atoms with van der Waals surface area (Å²) in [7, 11) is 0. The number of anilines is 1. The molecule has 6 heteroatoms. The van der Waals surface area contributed by atoms with Crippen LogP contribution in [0.3, 0.4) is 0 Å². The Kier molecular flexibility index (Phi) is 4.65. The molecule has 6 nitrogen and oxygen atoms in total. The number of hydrogen-bond acceptors (Lipinski definition) is 5. The van der Waals surface area contributed by atoms with E-state index in [1.54, 1.807) is 12.4 Å². The molecule has 0 atom stereocenters. The number of hydrogen-bond donors (Lipinski definition) is 1. The van der Waals surface area contributed by atoms with Crippen LogP contribution >= 0.6 is 0 Å². The predicted octanol–water partition coefficient (Wildman–Crippen LogP) is 0.657. The first kappa shape index (κ1) is 14.3. The maximum atomic E-state index is 12.2. The number of amides is 1. The number of rotatable bonds is 4. The van der Waals surface area contributed by atoms with E-state index in [0.717, 1.165) is 32.1 Å². The van der Waals surface area contributed by atoms with Crippen LogP contribution in [0.5, 0.6) is 0 Å². The van der Waals surface area contributed by atoms with Gasteiger partial charge in [0.25, 0.3) is 0 Å². The van der Waals surface area contributed by atoms with E-state index in [1.165, 1.54) is 25.7 Å². The maximum Gasteiger partial charge on any atom is 0.236 e. The van der Waals surface area contributed by atoms with Gasteiger partial charge in [0.15, 0.2) is 0 Å². The van der Waals surface area contributed by atoms with E-state index in [9.17, 15) is 4.79 Å². The highest BCUT2D eigenvalue weighted by molar-refractivity contribution is 5.78. The number of nitrogens with one attached hydrogen (secondary N) is 1. The molecule has 0 spiro atoms. The molecule has 1 aromatic heterocycles. The van der Waals surface area contributed by atoms with Crippen LogP contribution in [0.15, 0.2) is 18.5 Å². The van der Waals surface area contributed by atoms with Crippen molar-refractivity contribution in [2.45, 2.75) is 31.7 Å². The van der Waals surface area contributed by atoms with Crippen LogP contribution in [0.1, 0.15) is 25.7 Å². The van der Waals surface area contributed by atoms with Crippen molar-refractivity contribution >= 4 is 11.9 Å². The Labute approximate surface area is 125 Å². The first-order valence-electron chi connectivity index (χ1n) is 7.86. The van der Waals surface area contributed by atoms with Crippen LogP contribution in [0.25, 0.3) is 0 Å². The zero-order valence-electron chi connectivity index (χ0n) is 12.4. The number of nitrogens with zero attached hydrogens (tertiary/aromatic N) is 4. The Morgan fingerprint density at radius 1 is 1.14 bits per heavy atom. The fraction of sp³-hybridized carbons (Fsp3) is 0.667. The Bertz CT molecular complexity index is 452. The van der Waals surface area contributed by atoms with Crippen LogP contribution in [-0.4, -0.2) is 59.5 Å². The van der Waals surface area contributed by atoms with Gasteiger partial charge in [-0.3, -0.25) is 4.79 Å². The van der Waals surface area contributed by atoms with E-state index in [-0.39, 0.29) is 5.91 Å². The van der Waals surface area contributed by atoms with E-state index < -0.39 is 0 Å². The normalized spacial score (nSPS) is 20.0. The molecule has 2 heterocycles. The zero-order valence-corrected chi connectivity index (χ0v) is 12.4. The van der Waals surface area contributed by atoms with E-state index in [2.05, 4.69) is 20.2 Å². The molecular formula is C15H23N5O. The number of carbonyl (C=O) groups excluding carboxylic acids is 1. The molecule has 3 rings (SSSR count). The lowest BCUT2D eigenvalue weighted by Crippen LogP contribution is -2.51. The highest BCUT2D eigenvalue weighted by Gasteiger charge is 2.23. The van der Waals surface area contributed by atoms with Crippen LogP contribution in [0, 0.1) is 0 Å². The molecule has 1 amide bonds. The van der Waals surface area contributed by atoms with Gasteiger partial charge in [0.1, 0.15) is 0 Å². The average molecular weight is 289 g/mol. The van der Waals surface area contributed by atoms with Crippen molar-refractivity contribution in [3.8, 4) is 0 Å². The second-order valence-corrected chi connectivity index (χ2v) is 5.78. The topological polar surface area (TPSA) is 61.4 Å². The third kappa shape index (κ3) is 3.69. The van der Waals surface area contributed by atoms with Gasteiger partial charge in [-0.1, -0.05) is 12.8 Å². The lowest BCUT2D eigenvalue weighted by molar-refractivity contribution is -0.130. The summed E-state index contributed by atoms with van der Waals surface area (Å²) < 4.78 is 0. The van der Waals surface area contributed by atoms with Crippen molar-refractivity contribution in [3.63, 3.8) is 0 Å². The van der Waals surface area contributed by atoms with Crippen molar-refractivity contribution < 1.29 is 4.79 Å². The van der Waals surface area contributed by atoms with E-state index in [0.29, 0.717) is 12.6 Å². The molecule has 1 aromatic rings. The maximum absolute atomic E-state index is 12.2. The average Bonchev–Trinajstić information content (AvgIpc) is 3.07. The highest BCUT2D eigenvalue weighted by atomic mass is 16.2. The van der Waals surface area contributed by atoms with Crippen molar-refractivity contribution in [1.82, 2.24) is 20.2 Å². The molecule has 1 saturated heterocycles. The van der Waals surface area contributed by atoms with Gasteiger partial charge in [0, 0.05) is 44.6 Å². The Balaban J connectivity index is 1.43. The van der Waals surface area contributed by atoms with Crippen molar-refractivity contribution in [2.24, 2.45) is 0 Å². The summed E-state index contributed by atoms with van der Waals surface area (Å²) >= 11 is 0. The minimum atomic E-state index is 0.218. The fourth-order valence-corrected chi connectivity index (χ4v) is 3.08. The largest absolute Gasteiger partial charge is 0.338 e. The van der Waals surface area contributed by atoms with Crippen molar-refractivity contribution in [2.75, 3.05) is 37.6 Å². The minimum Gasteiger partial charge on any atom is -0.338 e. The summed E-state index contributed by atoms with van der Waals surface area (Å²) in [5, 5.41) is 3.39. The SMILES string of the molecule is O=C(CNC1CCCC1)N1CCN(c2ncccn2)CC1. The van der Waals surface area contributed by atoms with Gasteiger partial charge < -0.3 is 15.1 Å².